The Balaban J connectivity index is 1.66. The molecule has 108 valence electrons. The lowest BCUT2D eigenvalue weighted by Gasteiger charge is -2.48. The number of hydrogen-bond acceptors (Lipinski definition) is 4. The van der Waals surface area contributed by atoms with Gasteiger partial charge in [-0.3, -0.25) is 0 Å². The van der Waals surface area contributed by atoms with Gasteiger partial charge in [0.2, 0.25) is 6.79 Å². The molecule has 0 unspecified atom stereocenters. The summed E-state index contributed by atoms with van der Waals surface area (Å²) in [7, 11) is 0. The molecule has 0 amide bonds. The summed E-state index contributed by atoms with van der Waals surface area (Å²) in [6.45, 7) is 1.19. The smallest absolute Gasteiger partial charge is 0.231 e. The van der Waals surface area contributed by atoms with Gasteiger partial charge in [0.1, 0.15) is 0 Å². The molecule has 2 fully saturated rings. The molecule has 1 aromatic rings. The maximum atomic E-state index is 10.9. The zero-order valence-electron chi connectivity index (χ0n) is 11.6. The molecule has 0 bridgehead atoms. The van der Waals surface area contributed by atoms with Crippen molar-refractivity contribution in [3.8, 4) is 11.5 Å². The summed E-state index contributed by atoms with van der Waals surface area (Å²) in [5.74, 6) is 1.96. The van der Waals surface area contributed by atoms with E-state index in [1.165, 1.54) is 12.0 Å². The Hall–Kier alpha value is -1.26. The number of fused-ring (bicyclic) bond motifs is 2. The van der Waals surface area contributed by atoms with Gasteiger partial charge in [0, 0.05) is 12.0 Å². The lowest BCUT2D eigenvalue weighted by Crippen LogP contribution is -2.53. The number of ether oxygens (including phenoxy) is 2. The van der Waals surface area contributed by atoms with E-state index in [1.54, 1.807) is 0 Å². The van der Waals surface area contributed by atoms with Crippen molar-refractivity contribution in [2.24, 2.45) is 5.92 Å². The number of nitrogens with one attached hydrogen (secondary N) is 1. The number of rotatable bonds is 1. The molecule has 1 saturated heterocycles. The molecular formula is C16H21NO3. The van der Waals surface area contributed by atoms with E-state index in [0.717, 1.165) is 43.7 Å². The zero-order chi connectivity index (χ0) is 13.6. The second kappa shape index (κ2) is 4.64. The van der Waals surface area contributed by atoms with Crippen LogP contribution >= 0.6 is 0 Å². The van der Waals surface area contributed by atoms with Crippen LogP contribution in [0.15, 0.2) is 18.2 Å². The Labute approximate surface area is 119 Å². The fraction of sp³-hybridized carbons (Fsp3) is 0.625. The third kappa shape index (κ3) is 1.90. The normalized spacial score (nSPS) is 35.6. The Morgan fingerprint density at radius 2 is 2.05 bits per heavy atom. The van der Waals surface area contributed by atoms with Gasteiger partial charge in [0.25, 0.3) is 0 Å². The van der Waals surface area contributed by atoms with Crippen LogP contribution in [0.3, 0.4) is 0 Å². The van der Waals surface area contributed by atoms with Gasteiger partial charge in [0.15, 0.2) is 11.5 Å². The van der Waals surface area contributed by atoms with E-state index in [0.29, 0.717) is 12.7 Å². The highest BCUT2D eigenvalue weighted by atomic mass is 16.7. The van der Waals surface area contributed by atoms with Gasteiger partial charge < -0.3 is 19.9 Å². The van der Waals surface area contributed by atoms with Crippen LogP contribution < -0.4 is 14.8 Å². The predicted octanol–water partition coefficient (Wildman–Crippen LogP) is 2.37. The van der Waals surface area contributed by atoms with Crippen LogP contribution in [-0.4, -0.2) is 24.0 Å². The second-order valence-electron chi connectivity index (χ2n) is 6.25. The maximum absolute atomic E-state index is 10.9. The summed E-state index contributed by atoms with van der Waals surface area (Å²) in [5.41, 5.74) is 0.726. The monoisotopic (exact) mass is 275 g/mol. The molecule has 4 heteroatoms. The Morgan fingerprint density at radius 1 is 1.15 bits per heavy atom. The molecule has 2 aliphatic heterocycles. The molecule has 4 nitrogen and oxygen atoms in total. The van der Waals surface area contributed by atoms with Crippen molar-refractivity contribution >= 4 is 0 Å². The average Bonchev–Trinajstić information content (AvgIpc) is 2.93. The largest absolute Gasteiger partial charge is 0.454 e. The highest BCUT2D eigenvalue weighted by Gasteiger charge is 2.46. The summed E-state index contributed by atoms with van der Waals surface area (Å²) in [6, 6.07) is 6.38. The van der Waals surface area contributed by atoms with Crippen LogP contribution in [0.5, 0.6) is 11.5 Å². The zero-order valence-corrected chi connectivity index (χ0v) is 11.6. The van der Waals surface area contributed by atoms with Crippen molar-refractivity contribution in [1.82, 2.24) is 5.32 Å². The van der Waals surface area contributed by atoms with E-state index >= 15 is 0 Å². The first-order chi connectivity index (χ1) is 9.76. The van der Waals surface area contributed by atoms with E-state index in [4.69, 9.17) is 9.47 Å². The van der Waals surface area contributed by atoms with Crippen LogP contribution in [0.25, 0.3) is 0 Å². The van der Waals surface area contributed by atoms with Gasteiger partial charge in [-0.15, -0.1) is 0 Å². The van der Waals surface area contributed by atoms with Gasteiger partial charge >= 0.3 is 0 Å². The standard InChI is InChI=1S/C16H21NO3/c18-16-6-2-1-3-12(16)15(17-8-7-16)11-4-5-13-14(9-11)20-10-19-13/h4-5,9,12,15,17-18H,1-3,6-8,10H2/t12-,15-,16+/m1/s1. The molecular weight excluding hydrogens is 254 g/mol. The summed E-state index contributed by atoms with van der Waals surface area (Å²) >= 11 is 0. The van der Waals surface area contributed by atoms with Crippen LogP contribution in [0.4, 0.5) is 0 Å². The van der Waals surface area contributed by atoms with Crippen molar-refractivity contribution in [2.45, 2.75) is 43.7 Å². The van der Waals surface area contributed by atoms with Crippen LogP contribution in [0.2, 0.25) is 0 Å². The third-order valence-corrected chi connectivity index (χ3v) is 5.15. The molecule has 2 heterocycles. The quantitative estimate of drug-likeness (QED) is 0.826. The molecule has 1 aromatic carbocycles. The number of aliphatic hydroxyl groups is 1. The summed E-state index contributed by atoms with van der Waals surface area (Å²) in [5, 5.41) is 14.5. The minimum Gasteiger partial charge on any atom is -0.454 e. The van der Waals surface area contributed by atoms with E-state index in [-0.39, 0.29) is 6.04 Å². The number of piperidine rings is 1. The molecule has 2 N–H and O–H groups in total. The van der Waals surface area contributed by atoms with Crippen LogP contribution in [-0.2, 0) is 0 Å². The predicted molar refractivity (Wildman–Crippen MR) is 74.8 cm³/mol. The average molecular weight is 275 g/mol. The molecule has 3 atom stereocenters. The van der Waals surface area contributed by atoms with E-state index in [2.05, 4.69) is 17.4 Å². The Morgan fingerprint density at radius 3 is 3.00 bits per heavy atom. The molecule has 0 radical (unpaired) electrons. The van der Waals surface area contributed by atoms with E-state index in [1.807, 2.05) is 6.07 Å². The van der Waals surface area contributed by atoms with E-state index < -0.39 is 5.60 Å². The van der Waals surface area contributed by atoms with Gasteiger partial charge in [-0.05, 0) is 43.5 Å². The first kappa shape index (κ1) is 12.5. The minimum atomic E-state index is -0.482. The van der Waals surface area contributed by atoms with Gasteiger partial charge in [0.05, 0.1) is 5.60 Å². The fourth-order valence-corrected chi connectivity index (χ4v) is 4.08. The second-order valence-corrected chi connectivity index (χ2v) is 6.25. The van der Waals surface area contributed by atoms with Gasteiger partial charge in [-0.2, -0.15) is 0 Å². The SMILES string of the molecule is O[C@]12CCCC[C@@H]1[C@@H](c1ccc3c(c1)OCO3)NCC2. The molecule has 1 aliphatic carbocycles. The van der Waals surface area contributed by atoms with E-state index in [9.17, 15) is 5.11 Å². The molecule has 3 aliphatic rings. The van der Waals surface area contributed by atoms with Crippen molar-refractivity contribution in [3.63, 3.8) is 0 Å². The van der Waals surface area contributed by atoms with Crippen molar-refractivity contribution < 1.29 is 14.6 Å². The van der Waals surface area contributed by atoms with Crippen LogP contribution in [0.1, 0.15) is 43.7 Å². The summed E-state index contributed by atoms with van der Waals surface area (Å²) in [4.78, 5) is 0. The topological polar surface area (TPSA) is 50.7 Å². The third-order valence-electron chi connectivity index (χ3n) is 5.15. The van der Waals surface area contributed by atoms with Gasteiger partial charge in [-0.1, -0.05) is 18.9 Å². The molecule has 4 rings (SSSR count). The highest BCUT2D eigenvalue weighted by Crippen LogP contribution is 2.46. The minimum absolute atomic E-state index is 0.226. The first-order valence-corrected chi connectivity index (χ1v) is 7.62. The lowest BCUT2D eigenvalue weighted by atomic mass is 9.67. The fourth-order valence-electron chi connectivity index (χ4n) is 4.08. The highest BCUT2D eigenvalue weighted by molar-refractivity contribution is 5.45. The molecule has 1 saturated carbocycles. The van der Waals surface area contributed by atoms with Crippen molar-refractivity contribution in [2.75, 3.05) is 13.3 Å². The summed E-state index contributed by atoms with van der Waals surface area (Å²) in [6.07, 6.45) is 5.29. The Bertz CT molecular complexity index is 514. The lowest BCUT2D eigenvalue weighted by molar-refractivity contribution is -0.0861. The number of benzene rings is 1. The molecule has 20 heavy (non-hydrogen) atoms. The molecule has 0 aromatic heterocycles. The van der Waals surface area contributed by atoms with Crippen LogP contribution in [0, 0.1) is 5.92 Å². The van der Waals surface area contributed by atoms with Crippen molar-refractivity contribution in [1.29, 1.82) is 0 Å². The summed E-state index contributed by atoms with van der Waals surface area (Å²) < 4.78 is 10.9. The Kier molecular flexibility index (Phi) is 2.89. The molecule has 0 spiro atoms. The van der Waals surface area contributed by atoms with Crippen molar-refractivity contribution in [3.05, 3.63) is 23.8 Å². The maximum Gasteiger partial charge on any atom is 0.231 e. The van der Waals surface area contributed by atoms with Gasteiger partial charge in [-0.25, -0.2) is 0 Å². The first-order valence-electron chi connectivity index (χ1n) is 7.62. The number of hydrogen-bond donors (Lipinski definition) is 2.